The second-order valence-electron chi connectivity index (χ2n) is 6.12. The molecule has 0 unspecified atom stereocenters. The van der Waals surface area contributed by atoms with Crippen LogP contribution < -0.4 is 5.32 Å². The van der Waals surface area contributed by atoms with Crippen molar-refractivity contribution in [3.63, 3.8) is 0 Å². The fourth-order valence-corrected chi connectivity index (χ4v) is 2.72. The molecule has 1 atom stereocenters. The minimum Gasteiger partial charge on any atom is -0.352 e. The van der Waals surface area contributed by atoms with Gasteiger partial charge in [0.05, 0.1) is 5.92 Å². The van der Waals surface area contributed by atoms with Gasteiger partial charge >= 0.3 is 0 Å². The summed E-state index contributed by atoms with van der Waals surface area (Å²) in [4.78, 5) is 34.0. The lowest BCUT2D eigenvalue weighted by Gasteiger charge is -2.20. The van der Waals surface area contributed by atoms with Crippen LogP contribution in [0.1, 0.15) is 25.8 Å². The zero-order valence-electron chi connectivity index (χ0n) is 13.7. The number of aromatic nitrogens is 4. The molecule has 2 aromatic heterocycles. The zero-order chi connectivity index (χ0) is 17.1. The monoisotopic (exact) mass is 328 g/mol. The number of amides is 2. The Balaban J connectivity index is 1.54. The van der Waals surface area contributed by atoms with Crippen molar-refractivity contribution in [2.75, 3.05) is 6.54 Å². The molecule has 1 fully saturated rings. The van der Waals surface area contributed by atoms with Crippen LogP contribution in [0.3, 0.4) is 0 Å². The van der Waals surface area contributed by atoms with Crippen molar-refractivity contribution in [1.29, 1.82) is 0 Å². The Morgan fingerprint density at radius 1 is 1.42 bits per heavy atom. The highest BCUT2D eigenvalue weighted by molar-refractivity contribution is 5.89. The number of hydrogen-bond acceptors (Lipinski definition) is 5. The number of nitrogens with one attached hydrogen (secondary N) is 1. The van der Waals surface area contributed by atoms with E-state index in [0.717, 1.165) is 5.56 Å². The average molecular weight is 328 g/mol. The van der Waals surface area contributed by atoms with Crippen LogP contribution in [0.2, 0.25) is 0 Å². The van der Waals surface area contributed by atoms with Crippen LogP contribution in [-0.4, -0.2) is 49.0 Å². The molecule has 1 N–H and O–H groups in total. The largest absolute Gasteiger partial charge is 0.352 e. The highest BCUT2D eigenvalue weighted by atomic mass is 16.2. The lowest BCUT2D eigenvalue weighted by molar-refractivity contribution is -0.130. The predicted octanol–water partition coefficient (Wildman–Crippen LogP) is 0.535. The number of nitrogens with zero attached hydrogens (tertiary/aromatic N) is 5. The number of hydrogen-bond donors (Lipinski definition) is 1. The van der Waals surface area contributed by atoms with Gasteiger partial charge in [0.1, 0.15) is 12.7 Å². The van der Waals surface area contributed by atoms with E-state index in [1.807, 2.05) is 26.0 Å². The van der Waals surface area contributed by atoms with Crippen molar-refractivity contribution in [2.45, 2.75) is 32.9 Å². The summed E-state index contributed by atoms with van der Waals surface area (Å²) in [6, 6.07) is 3.82. The van der Waals surface area contributed by atoms with Crippen LogP contribution in [0.15, 0.2) is 31.0 Å². The molecule has 0 radical (unpaired) electrons. The molecule has 1 saturated heterocycles. The van der Waals surface area contributed by atoms with Gasteiger partial charge in [-0.2, -0.15) is 5.10 Å². The lowest BCUT2D eigenvalue weighted by atomic mass is 10.1. The molecular weight excluding hydrogens is 308 g/mol. The first kappa shape index (κ1) is 16.1. The molecule has 3 heterocycles. The highest BCUT2D eigenvalue weighted by Crippen LogP contribution is 2.20. The summed E-state index contributed by atoms with van der Waals surface area (Å²) in [6.07, 6.45) is 4.99. The second-order valence-corrected chi connectivity index (χ2v) is 6.12. The maximum atomic E-state index is 12.3. The maximum Gasteiger partial charge on any atom is 0.225 e. The standard InChI is InChI=1S/C16H20N6O2/c1-11(2)21-8-13(5-15(21)23)16(24)19-7-12-3-4-14(18-6-12)22-10-17-9-20-22/h3-4,6,9-11,13H,5,7-8H2,1-2H3,(H,19,24)/t13-/m0/s1. The van der Waals surface area contributed by atoms with Crippen LogP contribution in [0.4, 0.5) is 0 Å². The smallest absolute Gasteiger partial charge is 0.225 e. The van der Waals surface area contributed by atoms with E-state index in [1.54, 1.807) is 22.1 Å². The van der Waals surface area contributed by atoms with Crippen LogP contribution in [0.25, 0.3) is 5.82 Å². The van der Waals surface area contributed by atoms with Crippen LogP contribution in [-0.2, 0) is 16.1 Å². The summed E-state index contributed by atoms with van der Waals surface area (Å²) in [5.41, 5.74) is 0.886. The molecule has 126 valence electrons. The van der Waals surface area contributed by atoms with Crippen molar-refractivity contribution in [3.05, 3.63) is 36.5 Å². The quantitative estimate of drug-likeness (QED) is 0.864. The Bertz CT molecular complexity index is 711. The van der Waals surface area contributed by atoms with E-state index >= 15 is 0 Å². The van der Waals surface area contributed by atoms with Crippen LogP contribution in [0.5, 0.6) is 0 Å². The minimum atomic E-state index is -0.276. The fourth-order valence-electron chi connectivity index (χ4n) is 2.72. The van der Waals surface area contributed by atoms with E-state index in [4.69, 9.17) is 0 Å². The van der Waals surface area contributed by atoms with E-state index in [2.05, 4.69) is 20.4 Å². The van der Waals surface area contributed by atoms with Crippen molar-refractivity contribution in [1.82, 2.24) is 30.0 Å². The summed E-state index contributed by atoms with van der Waals surface area (Å²) >= 11 is 0. The van der Waals surface area contributed by atoms with Gasteiger partial charge < -0.3 is 10.2 Å². The Morgan fingerprint density at radius 3 is 2.83 bits per heavy atom. The number of carbonyl (C=O) groups excluding carboxylic acids is 2. The van der Waals surface area contributed by atoms with Crippen molar-refractivity contribution in [3.8, 4) is 5.82 Å². The third-order valence-corrected chi connectivity index (χ3v) is 4.08. The topological polar surface area (TPSA) is 93.0 Å². The van der Waals surface area contributed by atoms with E-state index in [0.29, 0.717) is 18.9 Å². The van der Waals surface area contributed by atoms with Crippen molar-refractivity contribution >= 4 is 11.8 Å². The third-order valence-electron chi connectivity index (χ3n) is 4.08. The summed E-state index contributed by atoms with van der Waals surface area (Å²) in [5.74, 6) is 0.342. The molecule has 2 amide bonds. The van der Waals surface area contributed by atoms with Gasteiger partial charge in [-0.3, -0.25) is 9.59 Å². The van der Waals surface area contributed by atoms with Crippen LogP contribution in [0, 0.1) is 5.92 Å². The van der Waals surface area contributed by atoms with E-state index < -0.39 is 0 Å². The van der Waals surface area contributed by atoms with Crippen molar-refractivity contribution < 1.29 is 9.59 Å². The fraction of sp³-hybridized carbons (Fsp3) is 0.438. The summed E-state index contributed by atoms with van der Waals surface area (Å²) in [6.45, 7) is 4.79. The molecule has 1 aliphatic rings. The Morgan fingerprint density at radius 2 is 2.25 bits per heavy atom. The SMILES string of the molecule is CC(C)N1C[C@@H](C(=O)NCc2ccc(-n3cncn3)nc2)CC1=O. The molecule has 8 heteroatoms. The Kier molecular flexibility index (Phi) is 4.54. The van der Waals surface area contributed by atoms with E-state index in [9.17, 15) is 9.59 Å². The Hall–Kier alpha value is -2.77. The molecule has 0 saturated carbocycles. The maximum absolute atomic E-state index is 12.3. The van der Waals surface area contributed by atoms with Gasteiger partial charge in [0.25, 0.3) is 0 Å². The third kappa shape index (κ3) is 3.42. The Labute approximate surface area is 139 Å². The minimum absolute atomic E-state index is 0.0454. The van der Waals surface area contributed by atoms with E-state index in [1.165, 1.54) is 6.33 Å². The van der Waals surface area contributed by atoms with E-state index in [-0.39, 0.29) is 30.2 Å². The van der Waals surface area contributed by atoms with Crippen LogP contribution >= 0.6 is 0 Å². The summed E-state index contributed by atoms with van der Waals surface area (Å²) < 4.78 is 1.56. The molecule has 2 aromatic rings. The zero-order valence-corrected chi connectivity index (χ0v) is 13.7. The highest BCUT2D eigenvalue weighted by Gasteiger charge is 2.35. The first-order valence-electron chi connectivity index (χ1n) is 7.91. The van der Waals surface area contributed by atoms with Gasteiger partial charge in [0.15, 0.2) is 5.82 Å². The van der Waals surface area contributed by atoms with Gasteiger partial charge in [0, 0.05) is 31.7 Å². The summed E-state index contributed by atoms with van der Waals surface area (Å²) in [7, 11) is 0. The second kappa shape index (κ2) is 6.77. The first-order valence-corrected chi connectivity index (χ1v) is 7.91. The molecule has 0 aromatic carbocycles. The molecule has 8 nitrogen and oxygen atoms in total. The molecule has 0 aliphatic carbocycles. The molecule has 1 aliphatic heterocycles. The van der Waals surface area contributed by atoms with Gasteiger partial charge in [-0.25, -0.2) is 14.6 Å². The first-order chi connectivity index (χ1) is 11.5. The van der Waals surface area contributed by atoms with Gasteiger partial charge in [-0.15, -0.1) is 0 Å². The molecular formula is C16H20N6O2. The number of rotatable bonds is 5. The lowest BCUT2D eigenvalue weighted by Crippen LogP contribution is -2.35. The molecule has 24 heavy (non-hydrogen) atoms. The van der Waals surface area contributed by atoms with Gasteiger partial charge in [-0.05, 0) is 25.5 Å². The van der Waals surface area contributed by atoms with Gasteiger partial charge in [-0.1, -0.05) is 6.07 Å². The number of likely N-dealkylation sites (tertiary alicyclic amines) is 1. The van der Waals surface area contributed by atoms with Crippen molar-refractivity contribution in [2.24, 2.45) is 5.92 Å². The summed E-state index contributed by atoms with van der Waals surface area (Å²) in [5, 5.41) is 6.89. The van der Waals surface area contributed by atoms with Gasteiger partial charge in [0.2, 0.25) is 11.8 Å². The number of pyridine rings is 1. The average Bonchev–Trinajstić information content (AvgIpc) is 3.22. The predicted molar refractivity (Wildman–Crippen MR) is 86.0 cm³/mol. The molecule has 0 spiro atoms. The number of carbonyl (C=O) groups is 2. The molecule has 0 bridgehead atoms. The molecule has 3 rings (SSSR count). The normalized spacial score (nSPS) is 17.5.